The minimum atomic E-state index is -3.41. The van der Waals surface area contributed by atoms with E-state index in [1.807, 2.05) is 6.92 Å². The molecule has 29 heavy (non-hydrogen) atoms. The van der Waals surface area contributed by atoms with Crippen LogP contribution in [-0.2, 0) is 14.6 Å². The molecule has 0 fully saturated rings. The van der Waals surface area contributed by atoms with Gasteiger partial charge in [-0.15, -0.1) is 5.10 Å². The molecule has 0 atom stereocenters. The first-order chi connectivity index (χ1) is 14.0. The number of sulfone groups is 1. The molecule has 0 saturated carbocycles. The average molecular weight is 415 g/mol. The summed E-state index contributed by atoms with van der Waals surface area (Å²) in [7, 11) is -3.41. The Kier molecular flexibility index (Phi) is 6.61. The van der Waals surface area contributed by atoms with Crippen LogP contribution in [0.2, 0.25) is 0 Å². The number of nitrogens with one attached hydrogen (secondary N) is 1. The summed E-state index contributed by atoms with van der Waals surface area (Å²) in [6.07, 6.45) is 0.204. The number of rotatable bonds is 9. The Labute approximate surface area is 168 Å². The average Bonchev–Trinajstić information content (AvgIpc) is 3.18. The van der Waals surface area contributed by atoms with Crippen molar-refractivity contribution in [3.63, 3.8) is 0 Å². The predicted molar refractivity (Wildman–Crippen MR) is 107 cm³/mol. The lowest BCUT2D eigenvalue weighted by atomic mass is 10.2. The number of hydrogen-bond acceptors (Lipinski definition) is 7. The summed E-state index contributed by atoms with van der Waals surface area (Å²) < 4.78 is 35.3. The number of amides is 1. The van der Waals surface area contributed by atoms with E-state index in [2.05, 4.69) is 15.5 Å². The molecule has 0 aliphatic rings. The van der Waals surface area contributed by atoms with Crippen LogP contribution in [0.1, 0.15) is 19.8 Å². The second-order valence-electron chi connectivity index (χ2n) is 6.15. The van der Waals surface area contributed by atoms with Gasteiger partial charge in [0.05, 0.1) is 17.3 Å². The van der Waals surface area contributed by atoms with Gasteiger partial charge < -0.3 is 9.15 Å². The van der Waals surface area contributed by atoms with E-state index in [4.69, 9.17) is 9.15 Å². The molecule has 0 aliphatic heterocycles. The lowest BCUT2D eigenvalue weighted by Crippen LogP contribution is -2.14. The van der Waals surface area contributed by atoms with Crippen molar-refractivity contribution in [2.24, 2.45) is 0 Å². The second-order valence-corrected chi connectivity index (χ2v) is 8.26. The van der Waals surface area contributed by atoms with E-state index in [0.717, 1.165) is 5.75 Å². The van der Waals surface area contributed by atoms with Crippen LogP contribution in [0.3, 0.4) is 0 Å². The minimum absolute atomic E-state index is 0.0207. The number of anilines is 1. The van der Waals surface area contributed by atoms with Crippen molar-refractivity contribution in [1.82, 2.24) is 10.2 Å². The van der Waals surface area contributed by atoms with E-state index in [-0.39, 0.29) is 35.4 Å². The number of carbonyl (C=O) groups is 1. The van der Waals surface area contributed by atoms with E-state index in [0.29, 0.717) is 12.2 Å². The van der Waals surface area contributed by atoms with Crippen molar-refractivity contribution in [2.45, 2.75) is 24.7 Å². The maximum Gasteiger partial charge on any atom is 0.322 e. The van der Waals surface area contributed by atoms with Crippen molar-refractivity contribution in [3.05, 3.63) is 54.6 Å². The molecule has 0 saturated heterocycles. The Hall–Kier alpha value is -3.20. The van der Waals surface area contributed by atoms with Crippen LogP contribution in [0.4, 0.5) is 6.01 Å². The van der Waals surface area contributed by atoms with Gasteiger partial charge >= 0.3 is 6.01 Å². The van der Waals surface area contributed by atoms with Gasteiger partial charge in [-0.25, -0.2) is 8.42 Å². The van der Waals surface area contributed by atoms with Gasteiger partial charge in [0.2, 0.25) is 11.8 Å². The van der Waals surface area contributed by atoms with Gasteiger partial charge in [-0.2, -0.15) is 0 Å². The molecule has 3 aromatic rings. The summed E-state index contributed by atoms with van der Waals surface area (Å²) in [4.78, 5) is 12.3. The van der Waals surface area contributed by atoms with Gasteiger partial charge in [0.15, 0.2) is 9.84 Å². The number of carbonyl (C=O) groups excluding carboxylic acids is 1. The summed E-state index contributed by atoms with van der Waals surface area (Å²) in [5, 5.41) is 10.2. The predicted octanol–water partition coefficient (Wildman–Crippen LogP) is 3.33. The third kappa shape index (κ3) is 5.64. The SMILES string of the molecule is CCOc1ccc(-c2nnc(NC(=O)CCCS(=O)(=O)c3ccccc3)o2)cc1. The third-order valence-corrected chi connectivity index (χ3v) is 5.82. The summed E-state index contributed by atoms with van der Waals surface area (Å²) >= 11 is 0. The van der Waals surface area contributed by atoms with Crippen molar-refractivity contribution in [3.8, 4) is 17.2 Å². The number of aromatic nitrogens is 2. The lowest BCUT2D eigenvalue weighted by molar-refractivity contribution is -0.116. The van der Waals surface area contributed by atoms with Crippen molar-refractivity contribution < 1.29 is 22.4 Å². The molecular weight excluding hydrogens is 394 g/mol. The molecule has 1 aromatic heterocycles. The molecule has 1 N–H and O–H groups in total. The van der Waals surface area contributed by atoms with Gasteiger partial charge in [-0.05, 0) is 49.7 Å². The normalized spacial score (nSPS) is 11.2. The largest absolute Gasteiger partial charge is 0.494 e. The number of benzene rings is 2. The lowest BCUT2D eigenvalue weighted by Gasteiger charge is -2.04. The van der Waals surface area contributed by atoms with Crippen LogP contribution in [-0.4, -0.2) is 36.9 Å². The van der Waals surface area contributed by atoms with Gasteiger partial charge in [-0.1, -0.05) is 23.3 Å². The van der Waals surface area contributed by atoms with Crippen LogP contribution in [0.15, 0.2) is 63.9 Å². The third-order valence-electron chi connectivity index (χ3n) is 4.00. The van der Waals surface area contributed by atoms with E-state index in [1.165, 1.54) is 12.1 Å². The number of hydrogen-bond donors (Lipinski definition) is 1. The first kappa shape index (κ1) is 20.5. The fourth-order valence-electron chi connectivity index (χ4n) is 2.60. The molecule has 9 heteroatoms. The summed E-state index contributed by atoms with van der Waals surface area (Å²) in [5.41, 5.74) is 0.690. The second kappa shape index (κ2) is 9.33. The van der Waals surface area contributed by atoms with Crippen LogP contribution in [0.25, 0.3) is 11.5 Å². The van der Waals surface area contributed by atoms with Crippen molar-refractivity contribution in [1.29, 1.82) is 0 Å². The highest BCUT2D eigenvalue weighted by molar-refractivity contribution is 7.91. The molecule has 1 amide bonds. The first-order valence-corrected chi connectivity index (χ1v) is 10.8. The Bertz CT molecular complexity index is 1050. The summed E-state index contributed by atoms with van der Waals surface area (Å²) in [6, 6.07) is 15.2. The summed E-state index contributed by atoms with van der Waals surface area (Å²) in [5.74, 6) is 0.478. The van der Waals surface area contributed by atoms with E-state index >= 15 is 0 Å². The zero-order valence-electron chi connectivity index (χ0n) is 15.9. The maximum absolute atomic E-state index is 12.2. The number of nitrogens with zero attached hydrogens (tertiary/aromatic N) is 2. The number of ether oxygens (including phenoxy) is 1. The first-order valence-electron chi connectivity index (χ1n) is 9.12. The standard InChI is InChI=1S/C20H21N3O5S/c1-2-27-16-12-10-15(11-13-16)19-22-23-20(28-19)21-18(24)9-6-14-29(25,26)17-7-4-3-5-8-17/h3-5,7-8,10-13H,2,6,9,14H2,1H3,(H,21,23,24). The van der Waals surface area contributed by atoms with Gasteiger partial charge in [0.25, 0.3) is 0 Å². The molecule has 3 rings (SSSR count). The van der Waals surface area contributed by atoms with Crippen LogP contribution < -0.4 is 10.1 Å². The summed E-state index contributed by atoms with van der Waals surface area (Å²) in [6.45, 7) is 2.47. The Morgan fingerprint density at radius 1 is 1.07 bits per heavy atom. The van der Waals surface area contributed by atoms with Gasteiger partial charge in [0, 0.05) is 12.0 Å². The molecule has 0 unspecified atom stereocenters. The zero-order valence-corrected chi connectivity index (χ0v) is 16.7. The van der Waals surface area contributed by atoms with Crippen LogP contribution in [0, 0.1) is 0 Å². The van der Waals surface area contributed by atoms with Crippen LogP contribution in [0.5, 0.6) is 5.75 Å². The molecule has 152 valence electrons. The fourth-order valence-corrected chi connectivity index (χ4v) is 3.93. The Morgan fingerprint density at radius 2 is 1.79 bits per heavy atom. The van der Waals surface area contributed by atoms with Crippen molar-refractivity contribution >= 4 is 21.8 Å². The molecule has 0 aliphatic carbocycles. The monoisotopic (exact) mass is 415 g/mol. The molecule has 2 aromatic carbocycles. The topological polar surface area (TPSA) is 111 Å². The Balaban J connectivity index is 1.51. The molecular formula is C20H21N3O5S. The molecule has 0 bridgehead atoms. The van der Waals surface area contributed by atoms with Gasteiger partial charge in [-0.3, -0.25) is 10.1 Å². The highest BCUT2D eigenvalue weighted by Gasteiger charge is 2.16. The molecule has 0 radical (unpaired) electrons. The van der Waals surface area contributed by atoms with Crippen molar-refractivity contribution in [2.75, 3.05) is 17.7 Å². The van der Waals surface area contributed by atoms with E-state index in [1.54, 1.807) is 42.5 Å². The molecule has 8 nitrogen and oxygen atoms in total. The highest BCUT2D eigenvalue weighted by Crippen LogP contribution is 2.22. The van der Waals surface area contributed by atoms with E-state index < -0.39 is 15.7 Å². The zero-order chi connectivity index (χ0) is 20.7. The van der Waals surface area contributed by atoms with E-state index in [9.17, 15) is 13.2 Å². The smallest absolute Gasteiger partial charge is 0.322 e. The van der Waals surface area contributed by atoms with Crippen LogP contribution >= 0.6 is 0 Å². The highest BCUT2D eigenvalue weighted by atomic mass is 32.2. The molecule has 0 spiro atoms. The fraction of sp³-hybridized carbons (Fsp3) is 0.250. The Morgan fingerprint density at radius 3 is 2.48 bits per heavy atom. The maximum atomic E-state index is 12.2. The van der Waals surface area contributed by atoms with Gasteiger partial charge in [0.1, 0.15) is 5.75 Å². The molecule has 1 heterocycles. The minimum Gasteiger partial charge on any atom is -0.494 e. The quantitative estimate of drug-likeness (QED) is 0.570.